The number of carbonyl (C=O) groups is 3. The van der Waals surface area contributed by atoms with Crippen LogP contribution < -0.4 is 0 Å². The van der Waals surface area contributed by atoms with Gasteiger partial charge >= 0.3 is 0 Å². The van der Waals surface area contributed by atoms with Crippen LogP contribution in [0.15, 0.2) is 59.6 Å². The molecule has 0 bridgehead atoms. The molecule has 2 aromatic carbocycles. The van der Waals surface area contributed by atoms with Crippen molar-refractivity contribution in [3.8, 4) is 0 Å². The van der Waals surface area contributed by atoms with Crippen molar-refractivity contribution in [1.29, 1.82) is 0 Å². The van der Waals surface area contributed by atoms with Crippen LogP contribution in [0.3, 0.4) is 0 Å². The van der Waals surface area contributed by atoms with Crippen molar-refractivity contribution in [2.75, 3.05) is 19.6 Å². The van der Waals surface area contributed by atoms with Crippen LogP contribution in [0.4, 0.5) is 10.5 Å². The lowest BCUT2D eigenvalue weighted by Crippen LogP contribution is -2.44. The van der Waals surface area contributed by atoms with E-state index in [2.05, 4.69) is 0 Å². The van der Waals surface area contributed by atoms with Gasteiger partial charge in [0.2, 0.25) is 5.91 Å². The van der Waals surface area contributed by atoms with Gasteiger partial charge in [0.05, 0.1) is 16.4 Å². The largest absolute Gasteiger partial charge is 0.342 e. The van der Waals surface area contributed by atoms with E-state index in [0.29, 0.717) is 18.7 Å². The number of para-hydroxylation sites is 2. The topological polar surface area (TPSA) is 106 Å². The normalized spacial score (nSPS) is 17.4. The van der Waals surface area contributed by atoms with Gasteiger partial charge in [0.15, 0.2) is 0 Å². The van der Waals surface area contributed by atoms with Crippen molar-refractivity contribution in [2.24, 2.45) is 0 Å². The van der Waals surface area contributed by atoms with E-state index in [4.69, 9.17) is 0 Å². The number of hydrogen-bond acceptors (Lipinski definition) is 6. The van der Waals surface area contributed by atoms with E-state index in [9.17, 15) is 24.5 Å². The minimum absolute atomic E-state index is 0.0383. The van der Waals surface area contributed by atoms with Crippen molar-refractivity contribution in [3.63, 3.8) is 0 Å². The second-order valence-electron chi connectivity index (χ2n) is 8.82. The third kappa shape index (κ3) is 4.64. The number of amides is 3. The molecule has 2 fully saturated rings. The minimum atomic E-state index is -0.481. The van der Waals surface area contributed by atoms with Gasteiger partial charge in [-0.2, -0.15) is 0 Å². The Kier molecular flexibility index (Phi) is 6.60. The fourth-order valence-electron chi connectivity index (χ4n) is 4.68. The van der Waals surface area contributed by atoms with Gasteiger partial charge in [-0.25, -0.2) is 0 Å². The summed E-state index contributed by atoms with van der Waals surface area (Å²) in [6.07, 6.45) is 6.44. The molecule has 3 heterocycles. The van der Waals surface area contributed by atoms with Gasteiger partial charge in [-0.15, -0.1) is 0 Å². The molecule has 0 radical (unpaired) electrons. The summed E-state index contributed by atoms with van der Waals surface area (Å²) >= 11 is 0.823. The maximum Gasteiger partial charge on any atom is 0.294 e. The van der Waals surface area contributed by atoms with Crippen molar-refractivity contribution >= 4 is 51.5 Å². The molecule has 9 nitrogen and oxygen atoms in total. The lowest BCUT2D eigenvalue weighted by atomic mass is 10.1. The molecule has 2 saturated heterocycles. The van der Waals surface area contributed by atoms with Gasteiger partial charge in [0, 0.05) is 47.4 Å². The van der Waals surface area contributed by atoms with E-state index in [-0.39, 0.29) is 29.6 Å². The Hall–Kier alpha value is -3.92. The Morgan fingerprint density at radius 2 is 1.75 bits per heavy atom. The molecule has 3 amide bonds. The predicted octanol–water partition coefficient (Wildman–Crippen LogP) is 4.65. The second kappa shape index (κ2) is 9.98. The predicted molar refractivity (Wildman–Crippen MR) is 137 cm³/mol. The lowest BCUT2D eigenvalue weighted by Gasteiger charge is -2.27. The molecule has 1 aromatic heterocycles. The molecule has 10 heteroatoms. The smallest absolute Gasteiger partial charge is 0.294 e. The van der Waals surface area contributed by atoms with E-state index in [0.717, 1.165) is 52.4 Å². The van der Waals surface area contributed by atoms with E-state index in [1.165, 1.54) is 6.07 Å². The lowest BCUT2D eigenvalue weighted by molar-refractivity contribution is -0.385. The van der Waals surface area contributed by atoms with Crippen LogP contribution in [-0.2, 0) is 16.1 Å². The molecule has 2 aliphatic heterocycles. The standard InChI is InChI=1S/C26H24N4O5S/c31-24(27-12-6-1-7-13-27)17-29-25(32)23(36-26(29)33)14-19-16-28(22-11-5-3-9-20(19)22)15-18-8-2-4-10-21(18)30(34)35/h2-5,8-11,14,16H,1,6-7,12-13,15,17H2/b23-14-. The Bertz CT molecular complexity index is 1410. The second-order valence-corrected chi connectivity index (χ2v) is 9.82. The number of nitrogens with zero attached hydrogens (tertiary/aromatic N) is 4. The van der Waals surface area contributed by atoms with Crippen LogP contribution in [0.2, 0.25) is 0 Å². The van der Waals surface area contributed by atoms with Crippen molar-refractivity contribution in [1.82, 2.24) is 14.4 Å². The molecule has 184 valence electrons. The molecule has 0 unspecified atom stereocenters. The van der Waals surface area contributed by atoms with Crippen LogP contribution in [0.25, 0.3) is 17.0 Å². The average Bonchev–Trinajstić information content (AvgIpc) is 3.36. The molecule has 2 aliphatic rings. The summed E-state index contributed by atoms with van der Waals surface area (Å²) in [5, 5.41) is 11.9. The first-order valence-electron chi connectivity index (χ1n) is 11.8. The molecule has 0 saturated carbocycles. The van der Waals surface area contributed by atoms with Gasteiger partial charge in [0.25, 0.3) is 16.8 Å². The number of rotatable bonds is 6. The Labute approximate surface area is 211 Å². The van der Waals surface area contributed by atoms with Crippen molar-refractivity contribution in [3.05, 3.63) is 80.9 Å². The van der Waals surface area contributed by atoms with E-state index in [1.54, 1.807) is 29.2 Å². The van der Waals surface area contributed by atoms with E-state index >= 15 is 0 Å². The number of imide groups is 1. The summed E-state index contributed by atoms with van der Waals surface area (Å²) in [5.41, 5.74) is 2.17. The van der Waals surface area contributed by atoms with Gasteiger partial charge in [-0.05, 0) is 43.2 Å². The first kappa shape index (κ1) is 23.8. The van der Waals surface area contributed by atoms with Crippen molar-refractivity contribution in [2.45, 2.75) is 25.8 Å². The number of likely N-dealkylation sites (tertiary alicyclic amines) is 1. The summed E-state index contributed by atoms with van der Waals surface area (Å²) in [6, 6.07) is 14.1. The molecule has 5 rings (SSSR count). The highest BCUT2D eigenvalue weighted by Gasteiger charge is 2.37. The van der Waals surface area contributed by atoms with Crippen LogP contribution in [0, 0.1) is 10.1 Å². The highest BCUT2D eigenvalue weighted by Crippen LogP contribution is 2.34. The van der Waals surface area contributed by atoms with Gasteiger partial charge in [0.1, 0.15) is 6.54 Å². The third-order valence-electron chi connectivity index (χ3n) is 6.51. The van der Waals surface area contributed by atoms with Crippen LogP contribution in [-0.4, -0.2) is 56.0 Å². The third-order valence-corrected chi connectivity index (χ3v) is 7.42. The Balaban J connectivity index is 1.42. The molecule has 36 heavy (non-hydrogen) atoms. The van der Waals surface area contributed by atoms with Crippen molar-refractivity contribution < 1.29 is 19.3 Å². The fourth-order valence-corrected chi connectivity index (χ4v) is 5.51. The number of nitro groups is 1. The quantitative estimate of drug-likeness (QED) is 0.275. The maximum atomic E-state index is 13.1. The zero-order chi connectivity index (χ0) is 25.2. The zero-order valence-electron chi connectivity index (χ0n) is 19.5. The van der Waals surface area contributed by atoms with E-state index in [1.807, 2.05) is 35.0 Å². The summed E-state index contributed by atoms with van der Waals surface area (Å²) in [4.78, 5) is 52.3. The number of piperidine rings is 1. The molecular formula is C26H24N4O5S. The summed E-state index contributed by atoms with van der Waals surface area (Å²) < 4.78 is 1.90. The molecule has 0 N–H and O–H groups in total. The SMILES string of the molecule is O=C(CN1C(=O)S/C(=C\c2cn(Cc3ccccc3[N+](=O)[O-])c3ccccc23)C1=O)N1CCCCC1. The fraction of sp³-hybridized carbons (Fsp3) is 0.269. The minimum Gasteiger partial charge on any atom is -0.342 e. The van der Waals surface area contributed by atoms with Gasteiger partial charge in [-0.3, -0.25) is 29.4 Å². The first-order chi connectivity index (χ1) is 17.4. The van der Waals surface area contributed by atoms with Crippen LogP contribution in [0.1, 0.15) is 30.4 Å². The molecule has 3 aromatic rings. The Morgan fingerprint density at radius 1 is 1.03 bits per heavy atom. The molecular weight excluding hydrogens is 480 g/mol. The molecule has 0 atom stereocenters. The number of benzene rings is 2. The number of hydrogen-bond donors (Lipinski definition) is 0. The molecule has 0 spiro atoms. The Morgan fingerprint density at radius 3 is 2.53 bits per heavy atom. The number of carbonyl (C=O) groups excluding carboxylic acids is 3. The first-order valence-corrected chi connectivity index (χ1v) is 12.6. The van der Waals surface area contributed by atoms with Gasteiger partial charge < -0.3 is 9.47 Å². The van der Waals surface area contributed by atoms with Crippen LogP contribution in [0.5, 0.6) is 0 Å². The van der Waals surface area contributed by atoms with E-state index < -0.39 is 16.1 Å². The monoisotopic (exact) mass is 504 g/mol. The number of nitro benzene ring substituents is 1. The summed E-state index contributed by atoms with van der Waals surface area (Å²) in [7, 11) is 0. The highest BCUT2D eigenvalue weighted by atomic mass is 32.2. The number of fused-ring (bicyclic) bond motifs is 1. The average molecular weight is 505 g/mol. The summed E-state index contributed by atoms with van der Waals surface area (Å²) in [6.45, 7) is 1.34. The highest BCUT2D eigenvalue weighted by molar-refractivity contribution is 8.18. The maximum absolute atomic E-state index is 13.1. The number of thioether (sulfide) groups is 1. The molecule has 0 aliphatic carbocycles. The van der Waals surface area contributed by atoms with Gasteiger partial charge in [-0.1, -0.05) is 36.4 Å². The van der Waals surface area contributed by atoms with Crippen LogP contribution >= 0.6 is 11.8 Å². The number of aromatic nitrogens is 1. The summed E-state index contributed by atoms with van der Waals surface area (Å²) in [5.74, 6) is -0.690. The zero-order valence-corrected chi connectivity index (χ0v) is 20.3.